The van der Waals surface area contributed by atoms with Gasteiger partial charge in [0.25, 0.3) is 11.8 Å². The smallest absolute Gasteiger partial charge is 0.409 e. The first-order chi connectivity index (χ1) is 23.1. The van der Waals surface area contributed by atoms with Crippen molar-refractivity contribution in [3.05, 3.63) is 70.9 Å². The van der Waals surface area contributed by atoms with Crippen LogP contribution in [0.1, 0.15) is 54.7 Å². The first kappa shape index (κ1) is 34.4. The van der Waals surface area contributed by atoms with Crippen LogP contribution in [-0.2, 0) is 19.1 Å². The Kier molecular flexibility index (Phi) is 11.3. The third-order valence-corrected chi connectivity index (χ3v) is 8.67. The molecule has 1 unspecified atom stereocenters. The fourth-order valence-corrected chi connectivity index (χ4v) is 6.23. The number of benzene rings is 2. The number of carbonyl (C=O) groups excluding carboxylic acids is 4. The summed E-state index contributed by atoms with van der Waals surface area (Å²) in [4.78, 5) is 73.2. The number of halogens is 1. The number of fused-ring (bicyclic) bond motifs is 1. The average Bonchev–Trinajstić information content (AvgIpc) is 3.59. The van der Waals surface area contributed by atoms with Gasteiger partial charge in [0.05, 0.1) is 18.2 Å². The largest absolute Gasteiger partial charge is 0.483 e. The van der Waals surface area contributed by atoms with Crippen molar-refractivity contribution >= 4 is 52.3 Å². The van der Waals surface area contributed by atoms with Crippen molar-refractivity contribution in [2.45, 2.75) is 44.7 Å². The van der Waals surface area contributed by atoms with Crippen LogP contribution in [0.4, 0.5) is 4.79 Å². The van der Waals surface area contributed by atoms with Crippen molar-refractivity contribution in [2.75, 3.05) is 45.9 Å². The molecule has 48 heavy (non-hydrogen) atoms. The van der Waals surface area contributed by atoms with E-state index in [0.29, 0.717) is 22.5 Å². The second-order valence-electron chi connectivity index (χ2n) is 11.6. The lowest BCUT2D eigenvalue weighted by Gasteiger charge is -2.35. The molecule has 254 valence electrons. The molecule has 0 aliphatic carbocycles. The molecular weight excluding hydrogens is 642 g/mol. The number of para-hydroxylation sites is 1. The number of amides is 4. The minimum atomic E-state index is -1.15. The van der Waals surface area contributed by atoms with Crippen LogP contribution in [0, 0.1) is 0 Å². The predicted molar refractivity (Wildman–Crippen MR) is 176 cm³/mol. The van der Waals surface area contributed by atoms with E-state index in [2.05, 4.69) is 10.3 Å². The van der Waals surface area contributed by atoms with Crippen LogP contribution in [0.25, 0.3) is 10.9 Å². The normalized spacial score (nSPS) is 16.8. The van der Waals surface area contributed by atoms with E-state index in [0.717, 1.165) is 18.4 Å². The number of carboxylic acid groups (broad SMARTS) is 1. The minimum Gasteiger partial charge on any atom is -0.483 e. The third-order valence-electron chi connectivity index (χ3n) is 8.44. The van der Waals surface area contributed by atoms with Crippen LogP contribution in [0.5, 0.6) is 5.75 Å². The number of nitrogens with one attached hydrogen (secondary N) is 1. The van der Waals surface area contributed by atoms with Crippen molar-refractivity contribution in [3.63, 3.8) is 0 Å². The number of rotatable bonds is 11. The number of nitrogens with zero attached hydrogens (tertiary/aromatic N) is 4. The number of hydrogen-bond donors (Lipinski definition) is 2. The Bertz CT molecular complexity index is 1680. The van der Waals surface area contributed by atoms with Gasteiger partial charge in [0.2, 0.25) is 5.91 Å². The van der Waals surface area contributed by atoms with Crippen LogP contribution in [0.3, 0.4) is 0 Å². The molecule has 0 spiro atoms. The molecule has 2 saturated heterocycles. The molecule has 2 aromatic carbocycles. The lowest BCUT2D eigenvalue weighted by Crippen LogP contribution is -2.56. The lowest BCUT2D eigenvalue weighted by atomic mass is 10.0. The zero-order valence-corrected chi connectivity index (χ0v) is 27.4. The summed E-state index contributed by atoms with van der Waals surface area (Å²) in [6, 6.07) is 14.6. The zero-order chi connectivity index (χ0) is 34.2. The van der Waals surface area contributed by atoms with Gasteiger partial charge in [0.1, 0.15) is 17.5 Å². The monoisotopic (exact) mass is 679 g/mol. The van der Waals surface area contributed by atoms with Gasteiger partial charge in [-0.3, -0.25) is 19.2 Å². The maximum Gasteiger partial charge on any atom is 0.409 e. The van der Waals surface area contributed by atoms with Crippen molar-refractivity contribution in [3.8, 4) is 5.75 Å². The molecular formula is C34H38ClN5O8. The van der Waals surface area contributed by atoms with Gasteiger partial charge in [-0.2, -0.15) is 0 Å². The van der Waals surface area contributed by atoms with E-state index >= 15 is 0 Å². The van der Waals surface area contributed by atoms with E-state index in [9.17, 15) is 29.1 Å². The molecule has 13 nitrogen and oxygen atoms in total. The first-order valence-electron chi connectivity index (χ1n) is 15.9. The van der Waals surface area contributed by atoms with Gasteiger partial charge in [-0.05, 0) is 56.0 Å². The molecule has 4 amide bonds. The van der Waals surface area contributed by atoms with E-state index in [1.807, 2.05) is 18.2 Å². The van der Waals surface area contributed by atoms with E-state index < -0.39 is 29.9 Å². The van der Waals surface area contributed by atoms with E-state index in [1.54, 1.807) is 42.2 Å². The molecule has 2 fully saturated rings. The van der Waals surface area contributed by atoms with Gasteiger partial charge in [-0.1, -0.05) is 35.9 Å². The molecule has 14 heteroatoms. The van der Waals surface area contributed by atoms with Crippen LogP contribution >= 0.6 is 11.6 Å². The zero-order valence-electron chi connectivity index (χ0n) is 26.6. The number of aromatic nitrogens is 1. The molecule has 5 rings (SSSR count). The molecule has 3 aromatic rings. The molecule has 0 saturated carbocycles. The van der Waals surface area contributed by atoms with Crippen molar-refractivity contribution < 1.29 is 38.6 Å². The van der Waals surface area contributed by atoms with Gasteiger partial charge >= 0.3 is 12.1 Å². The molecule has 1 aromatic heterocycles. The van der Waals surface area contributed by atoms with Crippen LogP contribution in [0.15, 0.2) is 54.6 Å². The van der Waals surface area contributed by atoms with E-state index in [-0.39, 0.29) is 75.6 Å². The molecule has 0 radical (unpaired) electrons. The molecule has 2 N–H and O–H groups in total. The fraction of sp³-hybridized carbons (Fsp3) is 0.412. The quantitative estimate of drug-likeness (QED) is 0.307. The summed E-state index contributed by atoms with van der Waals surface area (Å²) >= 11 is 6.20. The lowest BCUT2D eigenvalue weighted by molar-refractivity contribution is -0.138. The Morgan fingerprint density at radius 1 is 1.00 bits per heavy atom. The van der Waals surface area contributed by atoms with Gasteiger partial charge < -0.3 is 34.6 Å². The number of pyridine rings is 1. The van der Waals surface area contributed by atoms with Crippen molar-refractivity contribution in [2.24, 2.45) is 0 Å². The van der Waals surface area contributed by atoms with Gasteiger partial charge in [-0.15, -0.1) is 0 Å². The summed E-state index contributed by atoms with van der Waals surface area (Å²) in [7, 11) is 0. The number of hydrogen-bond acceptors (Lipinski definition) is 8. The SMILES string of the molecule is CCOC(=O)N1CCN(C(=O)[C@H](CCC(=O)O)NC(=O)c2cc(OCC(=O)N3CCCC3c3cccc(Cl)c3)c3ccccc3n2)CC1. The van der Waals surface area contributed by atoms with E-state index in [1.165, 1.54) is 15.9 Å². The maximum absolute atomic E-state index is 13.6. The molecule has 2 aliphatic heterocycles. The second kappa shape index (κ2) is 15.8. The molecule has 3 heterocycles. The molecule has 0 bridgehead atoms. The average molecular weight is 680 g/mol. The molecule has 2 aliphatic rings. The Balaban J connectivity index is 1.30. The highest BCUT2D eigenvalue weighted by molar-refractivity contribution is 6.30. The van der Waals surface area contributed by atoms with Gasteiger partial charge in [0.15, 0.2) is 6.61 Å². The van der Waals surface area contributed by atoms with Crippen molar-refractivity contribution in [1.82, 2.24) is 25.0 Å². The topological polar surface area (TPSA) is 159 Å². The summed E-state index contributed by atoms with van der Waals surface area (Å²) in [5.74, 6) is -2.23. The Morgan fingerprint density at radius 2 is 1.75 bits per heavy atom. The highest BCUT2D eigenvalue weighted by Gasteiger charge is 2.32. The highest BCUT2D eigenvalue weighted by Crippen LogP contribution is 2.33. The summed E-state index contributed by atoms with van der Waals surface area (Å²) in [5.41, 5.74) is 1.33. The van der Waals surface area contributed by atoms with Gasteiger partial charge in [-0.25, -0.2) is 9.78 Å². The first-order valence-corrected chi connectivity index (χ1v) is 16.3. The summed E-state index contributed by atoms with van der Waals surface area (Å²) in [6.45, 7) is 3.13. The Hall–Kier alpha value is -4.91. The number of piperazine rings is 1. The number of likely N-dealkylation sites (tertiary alicyclic amines) is 1. The predicted octanol–water partition coefficient (Wildman–Crippen LogP) is 3.89. The number of ether oxygens (including phenoxy) is 2. The standard InChI is InChI=1S/C34H38ClN5O8/c1-2-47-34(46)39-17-15-38(16-18-39)33(45)26(12-13-31(42)43)37-32(44)27-20-29(24-9-3-4-10-25(24)36-27)48-21-30(41)40-14-6-11-28(40)22-7-5-8-23(35)19-22/h3-5,7-10,19-20,26,28H,2,6,11-18,21H2,1H3,(H,37,44)(H,42,43)/t26-,28?/m0/s1. The van der Waals surface area contributed by atoms with Crippen LogP contribution in [0.2, 0.25) is 5.02 Å². The highest BCUT2D eigenvalue weighted by atomic mass is 35.5. The molecule has 2 atom stereocenters. The maximum atomic E-state index is 13.6. The number of carbonyl (C=O) groups is 5. The fourth-order valence-electron chi connectivity index (χ4n) is 6.03. The Labute approximate surface area is 282 Å². The van der Waals surface area contributed by atoms with Crippen molar-refractivity contribution in [1.29, 1.82) is 0 Å². The summed E-state index contributed by atoms with van der Waals surface area (Å²) < 4.78 is 11.1. The summed E-state index contributed by atoms with van der Waals surface area (Å²) in [5, 5.41) is 13.2. The van der Waals surface area contributed by atoms with Crippen LogP contribution in [-0.4, -0.2) is 107 Å². The number of aliphatic carboxylic acids is 1. The van der Waals surface area contributed by atoms with Gasteiger partial charge in [0, 0.05) is 55.6 Å². The number of carboxylic acids is 1. The third kappa shape index (κ3) is 8.32. The van der Waals surface area contributed by atoms with E-state index in [4.69, 9.17) is 21.1 Å². The second-order valence-corrected chi connectivity index (χ2v) is 12.0. The van der Waals surface area contributed by atoms with Crippen LogP contribution < -0.4 is 10.1 Å². The summed E-state index contributed by atoms with van der Waals surface area (Å²) in [6.07, 6.45) is 0.677. The Morgan fingerprint density at radius 3 is 2.48 bits per heavy atom. The minimum absolute atomic E-state index is 0.0608.